The summed E-state index contributed by atoms with van der Waals surface area (Å²) in [5.74, 6) is 1.18. The number of aryl methyl sites for hydroxylation is 3. The van der Waals surface area contributed by atoms with Gasteiger partial charge in [-0.25, -0.2) is 9.97 Å². The molecule has 0 aromatic carbocycles. The van der Waals surface area contributed by atoms with Gasteiger partial charge < -0.3 is 9.30 Å². The zero-order chi connectivity index (χ0) is 20.7. The lowest BCUT2D eigenvalue weighted by Gasteiger charge is -2.35. The first kappa shape index (κ1) is 19.6. The molecule has 0 amide bonds. The fourth-order valence-corrected chi connectivity index (χ4v) is 4.46. The van der Waals surface area contributed by atoms with E-state index in [1.54, 1.807) is 20.2 Å². The molecule has 0 bridgehead atoms. The average Bonchev–Trinajstić information content (AvgIpc) is 2.67. The SMILES string of the molecule is CC[C@@H](C1CCC1)n1c(=O)c(C)nc2c(-c3cc(C)c(OC)nc3C)nccc21. The van der Waals surface area contributed by atoms with Crippen molar-refractivity contribution in [2.75, 3.05) is 7.11 Å². The largest absolute Gasteiger partial charge is 0.481 e. The van der Waals surface area contributed by atoms with E-state index in [1.165, 1.54) is 19.3 Å². The highest BCUT2D eigenvalue weighted by Gasteiger charge is 2.30. The third-order valence-electron chi connectivity index (χ3n) is 6.22. The number of nitrogens with zero attached hydrogens (tertiary/aromatic N) is 4. The molecule has 0 N–H and O–H groups in total. The Morgan fingerprint density at radius 3 is 2.59 bits per heavy atom. The Hall–Kier alpha value is -2.76. The van der Waals surface area contributed by atoms with Crippen molar-refractivity contribution in [2.45, 2.75) is 59.4 Å². The van der Waals surface area contributed by atoms with Gasteiger partial charge in [-0.2, -0.15) is 0 Å². The summed E-state index contributed by atoms with van der Waals surface area (Å²) < 4.78 is 7.33. The predicted octanol–water partition coefficient (Wildman–Crippen LogP) is 4.54. The molecule has 3 aromatic heterocycles. The number of pyridine rings is 2. The molecule has 1 aliphatic carbocycles. The van der Waals surface area contributed by atoms with Crippen molar-refractivity contribution in [1.82, 2.24) is 19.5 Å². The summed E-state index contributed by atoms with van der Waals surface area (Å²) in [6.45, 7) is 7.88. The average molecular weight is 393 g/mol. The molecule has 6 nitrogen and oxygen atoms in total. The van der Waals surface area contributed by atoms with Crippen LogP contribution in [0.2, 0.25) is 0 Å². The molecule has 0 unspecified atom stereocenters. The van der Waals surface area contributed by atoms with Crippen LogP contribution < -0.4 is 10.3 Å². The van der Waals surface area contributed by atoms with Gasteiger partial charge in [0.2, 0.25) is 5.88 Å². The van der Waals surface area contributed by atoms with Crippen LogP contribution in [0.3, 0.4) is 0 Å². The summed E-state index contributed by atoms with van der Waals surface area (Å²) in [4.78, 5) is 27.1. The third-order valence-corrected chi connectivity index (χ3v) is 6.22. The van der Waals surface area contributed by atoms with E-state index in [4.69, 9.17) is 9.72 Å². The van der Waals surface area contributed by atoms with E-state index in [-0.39, 0.29) is 11.6 Å². The number of rotatable bonds is 5. The summed E-state index contributed by atoms with van der Waals surface area (Å²) >= 11 is 0. The number of methoxy groups -OCH3 is 1. The summed E-state index contributed by atoms with van der Waals surface area (Å²) in [7, 11) is 1.62. The molecule has 0 saturated heterocycles. The normalized spacial score (nSPS) is 15.3. The molecule has 0 spiro atoms. The highest BCUT2D eigenvalue weighted by molar-refractivity contribution is 5.90. The number of fused-ring (bicyclic) bond motifs is 1. The second-order valence-electron chi connectivity index (χ2n) is 8.01. The number of aromatic nitrogens is 4. The molecular formula is C23H28N4O2. The smallest absolute Gasteiger partial charge is 0.272 e. The van der Waals surface area contributed by atoms with Crippen molar-refractivity contribution in [3.63, 3.8) is 0 Å². The minimum Gasteiger partial charge on any atom is -0.481 e. The van der Waals surface area contributed by atoms with Gasteiger partial charge in [-0.05, 0) is 58.1 Å². The fraction of sp³-hybridized carbons (Fsp3) is 0.478. The Morgan fingerprint density at radius 1 is 1.21 bits per heavy atom. The maximum Gasteiger partial charge on any atom is 0.272 e. The molecule has 1 saturated carbocycles. The first-order chi connectivity index (χ1) is 14.0. The fourth-order valence-electron chi connectivity index (χ4n) is 4.46. The minimum absolute atomic E-state index is 0.00848. The Morgan fingerprint density at radius 2 is 1.97 bits per heavy atom. The Labute approximate surface area is 171 Å². The highest BCUT2D eigenvalue weighted by atomic mass is 16.5. The lowest BCUT2D eigenvalue weighted by atomic mass is 9.78. The van der Waals surface area contributed by atoms with Gasteiger partial charge in [0.15, 0.2) is 0 Å². The molecule has 152 valence electrons. The molecular weight excluding hydrogens is 364 g/mol. The van der Waals surface area contributed by atoms with E-state index in [2.05, 4.69) is 16.9 Å². The van der Waals surface area contributed by atoms with Crippen LogP contribution in [0.4, 0.5) is 0 Å². The first-order valence-electron chi connectivity index (χ1n) is 10.4. The van der Waals surface area contributed by atoms with Crippen LogP contribution in [0, 0.1) is 26.7 Å². The van der Waals surface area contributed by atoms with Crippen LogP contribution >= 0.6 is 0 Å². The molecule has 3 aromatic rings. The number of ether oxygens (including phenoxy) is 1. The summed E-state index contributed by atoms with van der Waals surface area (Å²) in [6.07, 6.45) is 6.33. The van der Waals surface area contributed by atoms with Crippen molar-refractivity contribution in [1.29, 1.82) is 0 Å². The first-order valence-corrected chi connectivity index (χ1v) is 10.4. The third kappa shape index (κ3) is 3.20. The Balaban J connectivity index is 1.99. The van der Waals surface area contributed by atoms with E-state index >= 15 is 0 Å². The molecule has 1 atom stereocenters. The molecule has 1 fully saturated rings. The maximum atomic E-state index is 13.1. The topological polar surface area (TPSA) is 69.9 Å². The summed E-state index contributed by atoms with van der Waals surface area (Å²) in [5, 5.41) is 0. The molecule has 29 heavy (non-hydrogen) atoms. The van der Waals surface area contributed by atoms with Gasteiger partial charge in [0.25, 0.3) is 5.56 Å². The van der Waals surface area contributed by atoms with Gasteiger partial charge in [0.05, 0.1) is 24.0 Å². The van der Waals surface area contributed by atoms with Crippen LogP contribution in [0.15, 0.2) is 23.1 Å². The zero-order valence-corrected chi connectivity index (χ0v) is 17.8. The van der Waals surface area contributed by atoms with Gasteiger partial charge in [-0.15, -0.1) is 0 Å². The van der Waals surface area contributed by atoms with E-state index in [1.807, 2.05) is 30.5 Å². The zero-order valence-electron chi connectivity index (χ0n) is 17.8. The highest BCUT2D eigenvalue weighted by Crippen LogP contribution is 2.39. The molecule has 4 rings (SSSR count). The molecule has 1 aliphatic rings. The van der Waals surface area contributed by atoms with E-state index in [9.17, 15) is 4.79 Å². The second-order valence-corrected chi connectivity index (χ2v) is 8.01. The Kier molecular flexibility index (Phi) is 5.11. The number of hydrogen-bond acceptors (Lipinski definition) is 5. The Bertz CT molecular complexity index is 1130. The molecule has 0 radical (unpaired) electrons. The van der Waals surface area contributed by atoms with Gasteiger partial charge in [0, 0.05) is 23.4 Å². The van der Waals surface area contributed by atoms with Gasteiger partial charge in [-0.3, -0.25) is 9.78 Å². The minimum atomic E-state index is 0.00848. The van der Waals surface area contributed by atoms with Gasteiger partial charge >= 0.3 is 0 Å². The molecule has 0 aliphatic heterocycles. The van der Waals surface area contributed by atoms with E-state index in [0.717, 1.165) is 40.0 Å². The van der Waals surface area contributed by atoms with Crippen LogP contribution in [-0.2, 0) is 0 Å². The van der Waals surface area contributed by atoms with Gasteiger partial charge in [-0.1, -0.05) is 13.3 Å². The van der Waals surface area contributed by atoms with Crippen LogP contribution in [0.25, 0.3) is 22.3 Å². The monoisotopic (exact) mass is 392 g/mol. The summed E-state index contributed by atoms with van der Waals surface area (Å²) in [6, 6.07) is 4.17. The lowest BCUT2D eigenvalue weighted by molar-refractivity contribution is 0.203. The van der Waals surface area contributed by atoms with Crippen molar-refractivity contribution >= 4 is 11.0 Å². The van der Waals surface area contributed by atoms with Crippen LogP contribution in [0.1, 0.15) is 55.6 Å². The molecule has 6 heteroatoms. The van der Waals surface area contributed by atoms with Crippen molar-refractivity contribution in [3.05, 3.63) is 45.6 Å². The summed E-state index contributed by atoms with van der Waals surface area (Å²) in [5.41, 5.74) is 5.60. The van der Waals surface area contributed by atoms with E-state index in [0.29, 0.717) is 17.5 Å². The van der Waals surface area contributed by atoms with Gasteiger partial charge in [0.1, 0.15) is 11.2 Å². The molecule has 3 heterocycles. The predicted molar refractivity (Wildman–Crippen MR) is 114 cm³/mol. The van der Waals surface area contributed by atoms with E-state index < -0.39 is 0 Å². The van der Waals surface area contributed by atoms with Crippen LogP contribution in [-0.4, -0.2) is 26.6 Å². The second kappa shape index (κ2) is 7.58. The maximum absolute atomic E-state index is 13.1. The standard InChI is InChI=1S/C23H28N4O2/c1-6-18(16-8-7-9-16)27-19-10-11-24-20(21(19)25-15(4)23(27)28)17-12-13(2)22(29-5)26-14(17)3/h10-12,16,18H,6-9H2,1-5H3/t18-/m0/s1. The quantitative estimate of drug-likeness (QED) is 0.638. The van der Waals surface area contributed by atoms with Crippen molar-refractivity contribution < 1.29 is 4.74 Å². The van der Waals surface area contributed by atoms with Crippen molar-refractivity contribution in [3.8, 4) is 17.1 Å². The van der Waals surface area contributed by atoms with Crippen LogP contribution in [0.5, 0.6) is 5.88 Å². The lowest BCUT2D eigenvalue weighted by Crippen LogP contribution is -2.34. The van der Waals surface area contributed by atoms with Crippen molar-refractivity contribution in [2.24, 2.45) is 5.92 Å². The number of hydrogen-bond donors (Lipinski definition) is 0.